The van der Waals surface area contributed by atoms with Gasteiger partial charge in [0.15, 0.2) is 11.5 Å². The zero-order valence-corrected chi connectivity index (χ0v) is 23.9. The summed E-state index contributed by atoms with van der Waals surface area (Å²) in [6.45, 7) is 5.44. The van der Waals surface area contributed by atoms with Gasteiger partial charge < -0.3 is 28.6 Å². The first-order chi connectivity index (χ1) is 20.5. The summed E-state index contributed by atoms with van der Waals surface area (Å²) in [6.07, 6.45) is 2.55. The number of amides is 1. The maximum Gasteiger partial charge on any atom is 0.340 e. The number of nitrogens with zero attached hydrogens (tertiary/aromatic N) is 4. The van der Waals surface area contributed by atoms with Gasteiger partial charge in [0.05, 0.1) is 29.4 Å². The number of carbonyl (C=O) groups is 2. The van der Waals surface area contributed by atoms with E-state index in [0.29, 0.717) is 34.9 Å². The maximum atomic E-state index is 14.7. The molecule has 0 aliphatic carbocycles. The van der Waals surface area contributed by atoms with Crippen molar-refractivity contribution < 1.29 is 23.8 Å². The van der Waals surface area contributed by atoms with Crippen LogP contribution in [-0.4, -0.2) is 90.9 Å². The van der Waals surface area contributed by atoms with Crippen LogP contribution in [0.4, 0.5) is 0 Å². The Hall–Kier alpha value is -4.34. The van der Waals surface area contributed by atoms with Crippen molar-refractivity contribution in [1.82, 2.24) is 19.3 Å². The zero-order valence-electron chi connectivity index (χ0n) is 23.9. The molecule has 7 rings (SSSR count). The van der Waals surface area contributed by atoms with Crippen LogP contribution >= 0.6 is 0 Å². The summed E-state index contributed by atoms with van der Waals surface area (Å²) < 4.78 is 18.5. The number of esters is 1. The molecular weight excluding hydrogens is 532 g/mol. The van der Waals surface area contributed by atoms with Gasteiger partial charge in [-0.2, -0.15) is 0 Å². The predicted molar refractivity (Wildman–Crippen MR) is 158 cm³/mol. The van der Waals surface area contributed by atoms with Crippen molar-refractivity contribution in [2.45, 2.75) is 19.0 Å². The molecule has 4 aromatic rings. The van der Waals surface area contributed by atoms with Crippen molar-refractivity contribution in [3.05, 3.63) is 89.1 Å². The van der Waals surface area contributed by atoms with Gasteiger partial charge in [-0.1, -0.05) is 42.5 Å². The first kappa shape index (κ1) is 26.6. The Morgan fingerprint density at radius 3 is 2.40 bits per heavy atom. The number of likely N-dealkylation sites (N-methyl/N-ethyl adjacent to an activating group) is 1. The van der Waals surface area contributed by atoms with Crippen LogP contribution in [0.15, 0.2) is 66.9 Å². The normalized spacial score (nSPS) is 18.7. The number of ether oxygens (including phenoxy) is 3. The summed E-state index contributed by atoms with van der Waals surface area (Å²) in [6, 6.07) is 19.7. The second-order valence-corrected chi connectivity index (χ2v) is 11.3. The number of rotatable bonds is 5. The van der Waals surface area contributed by atoms with Crippen molar-refractivity contribution in [1.29, 1.82) is 0 Å². The minimum atomic E-state index is -0.432. The van der Waals surface area contributed by atoms with Gasteiger partial charge in [0, 0.05) is 63.0 Å². The van der Waals surface area contributed by atoms with Crippen LogP contribution in [0.5, 0.6) is 11.5 Å². The molecule has 0 saturated carbocycles. The minimum Gasteiger partial charge on any atom is -0.465 e. The Labute approximate surface area is 244 Å². The van der Waals surface area contributed by atoms with E-state index in [1.165, 1.54) is 18.2 Å². The van der Waals surface area contributed by atoms with Crippen LogP contribution in [0.3, 0.4) is 0 Å². The highest BCUT2D eigenvalue weighted by Crippen LogP contribution is 2.39. The molecule has 1 aromatic heterocycles. The molecule has 216 valence electrons. The van der Waals surface area contributed by atoms with Crippen LogP contribution in [0.25, 0.3) is 16.6 Å². The molecular formula is C33H34N4O5. The SMILES string of the molecule is COC(=O)c1cn(-c2cc3c(cc2C(=O)N2Cc4ccccc4C[C@H]2CN2CCN(C)CC2)OCO3)c2ccccc12. The largest absolute Gasteiger partial charge is 0.465 e. The molecule has 9 nitrogen and oxygen atoms in total. The highest BCUT2D eigenvalue weighted by Gasteiger charge is 2.35. The Morgan fingerprint density at radius 2 is 1.62 bits per heavy atom. The van der Waals surface area contributed by atoms with E-state index in [1.54, 1.807) is 12.3 Å². The quantitative estimate of drug-likeness (QED) is 0.339. The molecule has 1 fully saturated rings. The van der Waals surface area contributed by atoms with Crippen LogP contribution in [0.2, 0.25) is 0 Å². The summed E-state index contributed by atoms with van der Waals surface area (Å²) in [7, 11) is 3.53. The number of piperazine rings is 1. The third-order valence-electron chi connectivity index (χ3n) is 8.78. The van der Waals surface area contributed by atoms with Crippen molar-refractivity contribution >= 4 is 22.8 Å². The zero-order chi connectivity index (χ0) is 28.8. The minimum absolute atomic E-state index is 0.0149. The van der Waals surface area contributed by atoms with Gasteiger partial charge in [-0.05, 0) is 36.7 Å². The van der Waals surface area contributed by atoms with Crippen molar-refractivity contribution in [3.8, 4) is 17.2 Å². The fourth-order valence-electron chi connectivity index (χ4n) is 6.42. The van der Waals surface area contributed by atoms with Gasteiger partial charge in [-0.25, -0.2) is 4.79 Å². The number of benzene rings is 3. The van der Waals surface area contributed by atoms with Crippen molar-refractivity contribution in [2.75, 3.05) is 53.7 Å². The average molecular weight is 567 g/mol. The second-order valence-electron chi connectivity index (χ2n) is 11.3. The van der Waals surface area contributed by atoms with E-state index in [2.05, 4.69) is 35.0 Å². The van der Waals surface area contributed by atoms with Crippen LogP contribution in [0, 0.1) is 0 Å². The fourth-order valence-corrected chi connectivity index (χ4v) is 6.42. The summed E-state index contributed by atoms with van der Waals surface area (Å²) in [5, 5.41) is 0.750. The lowest BCUT2D eigenvalue weighted by atomic mass is 9.92. The van der Waals surface area contributed by atoms with E-state index in [9.17, 15) is 9.59 Å². The number of fused-ring (bicyclic) bond motifs is 3. The van der Waals surface area contributed by atoms with E-state index < -0.39 is 5.97 Å². The Bertz CT molecular complexity index is 1670. The lowest BCUT2D eigenvalue weighted by Crippen LogP contribution is -2.53. The third kappa shape index (κ3) is 4.68. The molecule has 0 radical (unpaired) electrons. The molecule has 1 amide bonds. The van der Waals surface area contributed by atoms with Gasteiger partial charge in [-0.3, -0.25) is 9.69 Å². The smallest absolute Gasteiger partial charge is 0.340 e. The Morgan fingerprint density at radius 1 is 0.905 bits per heavy atom. The number of carbonyl (C=O) groups excluding carboxylic acids is 2. The van der Waals surface area contributed by atoms with Crippen LogP contribution in [-0.2, 0) is 17.7 Å². The molecule has 0 bridgehead atoms. The first-order valence-corrected chi connectivity index (χ1v) is 14.4. The van der Waals surface area contributed by atoms with E-state index in [0.717, 1.165) is 50.0 Å². The predicted octanol–water partition coefficient (Wildman–Crippen LogP) is 3.96. The highest BCUT2D eigenvalue weighted by atomic mass is 16.7. The van der Waals surface area contributed by atoms with Gasteiger partial charge in [0.1, 0.15) is 0 Å². The molecule has 3 aliphatic heterocycles. The van der Waals surface area contributed by atoms with E-state index in [4.69, 9.17) is 14.2 Å². The lowest BCUT2D eigenvalue weighted by molar-refractivity contribution is 0.0535. The highest BCUT2D eigenvalue weighted by molar-refractivity contribution is 6.06. The number of methoxy groups -OCH3 is 1. The Kier molecular flexibility index (Phi) is 6.84. The molecule has 9 heteroatoms. The summed E-state index contributed by atoms with van der Waals surface area (Å²) in [5.74, 6) is 0.601. The first-order valence-electron chi connectivity index (χ1n) is 14.4. The van der Waals surface area contributed by atoms with Crippen molar-refractivity contribution in [2.24, 2.45) is 0 Å². The van der Waals surface area contributed by atoms with Gasteiger partial charge in [0.2, 0.25) is 6.79 Å². The van der Waals surface area contributed by atoms with Gasteiger partial charge >= 0.3 is 5.97 Å². The molecule has 0 unspecified atom stereocenters. The summed E-state index contributed by atoms with van der Waals surface area (Å²) >= 11 is 0. The van der Waals surface area contributed by atoms with Crippen LogP contribution < -0.4 is 9.47 Å². The number of hydrogen-bond donors (Lipinski definition) is 0. The fraction of sp³-hybridized carbons (Fsp3) is 0.333. The topological polar surface area (TPSA) is 76.5 Å². The van der Waals surface area contributed by atoms with E-state index in [-0.39, 0.29) is 18.7 Å². The second kappa shape index (κ2) is 10.8. The lowest BCUT2D eigenvalue weighted by Gasteiger charge is -2.41. The molecule has 1 atom stereocenters. The molecule has 42 heavy (non-hydrogen) atoms. The number of aromatic nitrogens is 1. The number of para-hydroxylation sites is 1. The third-order valence-corrected chi connectivity index (χ3v) is 8.78. The molecule has 3 aliphatic rings. The van der Waals surface area contributed by atoms with Crippen LogP contribution in [0.1, 0.15) is 31.8 Å². The molecule has 4 heterocycles. The Balaban J connectivity index is 1.33. The molecule has 1 saturated heterocycles. The van der Waals surface area contributed by atoms with Gasteiger partial charge in [-0.15, -0.1) is 0 Å². The summed E-state index contributed by atoms with van der Waals surface area (Å²) in [5.41, 5.74) is 4.83. The summed E-state index contributed by atoms with van der Waals surface area (Å²) in [4.78, 5) is 34.3. The van der Waals surface area contributed by atoms with Crippen molar-refractivity contribution in [3.63, 3.8) is 0 Å². The monoisotopic (exact) mass is 566 g/mol. The number of hydrogen-bond acceptors (Lipinski definition) is 7. The van der Waals surface area contributed by atoms with E-state index in [1.807, 2.05) is 45.9 Å². The van der Waals surface area contributed by atoms with Gasteiger partial charge in [0.25, 0.3) is 5.91 Å². The molecule has 0 N–H and O–H groups in total. The average Bonchev–Trinajstić information content (AvgIpc) is 3.65. The molecule has 3 aromatic carbocycles. The maximum absolute atomic E-state index is 14.7. The molecule has 0 spiro atoms. The standard InChI is InChI=1S/C33H34N4O5/c1-34-11-13-35(14-12-34)19-24-15-22-7-3-4-8-23(22)18-36(24)32(38)26-16-30-31(42-21-41-30)17-29(26)37-20-27(33(39)40-2)25-9-5-6-10-28(25)37/h3-10,16-17,20,24H,11-15,18-19,21H2,1-2H3/t24-/m0/s1. The van der Waals surface area contributed by atoms with E-state index >= 15 is 0 Å².